The number of nitrogens with one attached hydrogen (secondary N) is 1. The lowest BCUT2D eigenvalue weighted by molar-refractivity contribution is 0.415. The van der Waals surface area contributed by atoms with Crippen molar-refractivity contribution in [3.05, 3.63) is 90.0 Å². The number of methoxy groups -OCH3 is 1. The fourth-order valence-corrected chi connectivity index (χ4v) is 4.71. The fraction of sp³-hybridized carbons (Fsp3) is 0.217. The lowest BCUT2D eigenvalue weighted by Crippen LogP contribution is -2.36. The summed E-state index contributed by atoms with van der Waals surface area (Å²) in [5, 5.41) is 3.47. The summed E-state index contributed by atoms with van der Waals surface area (Å²) in [7, 11) is 0.201. The molecule has 0 amide bonds. The number of rotatable bonds is 7. The molecule has 0 saturated heterocycles. The van der Waals surface area contributed by atoms with Crippen molar-refractivity contribution in [2.45, 2.75) is 29.0 Å². The molecule has 0 aromatic heterocycles. The molecule has 0 aliphatic rings. The van der Waals surface area contributed by atoms with Gasteiger partial charge in [0.2, 0.25) is 0 Å². The predicted molar refractivity (Wildman–Crippen MR) is 118 cm³/mol. The van der Waals surface area contributed by atoms with Gasteiger partial charge < -0.3 is 10.1 Å². The first-order valence-electron chi connectivity index (χ1n) is 9.05. The SMILES string of the molecule is COc1ccc(N[C@H](c2ccccc2)[C@@](C)(Cl)S(=O)c2ccc(C)cc2)cc1. The Morgan fingerprint density at radius 2 is 1.57 bits per heavy atom. The van der Waals surface area contributed by atoms with Crippen LogP contribution in [0, 0.1) is 6.92 Å². The van der Waals surface area contributed by atoms with Crippen molar-refractivity contribution in [1.82, 2.24) is 0 Å². The molecule has 3 aromatic rings. The number of aryl methyl sites for hydroxylation is 1. The predicted octanol–water partition coefficient (Wildman–Crippen LogP) is 5.92. The van der Waals surface area contributed by atoms with E-state index in [4.69, 9.17) is 16.3 Å². The van der Waals surface area contributed by atoms with Gasteiger partial charge in [-0.3, -0.25) is 4.21 Å². The molecule has 0 saturated carbocycles. The molecule has 146 valence electrons. The highest BCUT2D eigenvalue weighted by Crippen LogP contribution is 2.40. The quantitative estimate of drug-likeness (QED) is 0.488. The maximum atomic E-state index is 13.4. The highest BCUT2D eigenvalue weighted by atomic mass is 35.5. The van der Waals surface area contributed by atoms with Crippen LogP contribution in [0.5, 0.6) is 5.75 Å². The molecule has 0 radical (unpaired) electrons. The smallest absolute Gasteiger partial charge is 0.145 e. The Bertz CT molecular complexity index is 925. The second-order valence-electron chi connectivity index (χ2n) is 6.78. The van der Waals surface area contributed by atoms with E-state index >= 15 is 0 Å². The van der Waals surface area contributed by atoms with Gasteiger partial charge in [0.05, 0.1) is 24.0 Å². The van der Waals surface area contributed by atoms with E-state index in [-0.39, 0.29) is 6.04 Å². The van der Waals surface area contributed by atoms with Crippen LogP contribution in [0.15, 0.2) is 83.8 Å². The van der Waals surface area contributed by atoms with Crippen LogP contribution in [0.3, 0.4) is 0 Å². The standard InChI is InChI=1S/C23H24ClNO2S/c1-17-9-15-21(16-10-17)28(26)23(2,24)22(18-7-5-4-6-8-18)25-19-11-13-20(27-3)14-12-19/h4-16,22,25H,1-3H3/t22-,23+,28?/m1/s1. The van der Waals surface area contributed by atoms with E-state index in [2.05, 4.69) is 5.32 Å². The zero-order valence-corrected chi connectivity index (χ0v) is 17.8. The molecule has 0 heterocycles. The van der Waals surface area contributed by atoms with Crippen molar-refractivity contribution in [2.24, 2.45) is 0 Å². The Balaban J connectivity index is 1.97. The van der Waals surface area contributed by atoms with E-state index in [0.29, 0.717) is 4.90 Å². The minimum atomic E-state index is -1.43. The van der Waals surface area contributed by atoms with E-state index in [1.807, 2.05) is 92.7 Å². The van der Waals surface area contributed by atoms with Crippen molar-refractivity contribution in [1.29, 1.82) is 0 Å². The Morgan fingerprint density at radius 3 is 2.14 bits per heavy atom. The van der Waals surface area contributed by atoms with Crippen LogP contribution in [-0.2, 0) is 10.8 Å². The molecule has 0 fully saturated rings. The topological polar surface area (TPSA) is 38.3 Å². The molecule has 3 aromatic carbocycles. The summed E-state index contributed by atoms with van der Waals surface area (Å²) < 4.78 is 17.6. The summed E-state index contributed by atoms with van der Waals surface area (Å²) in [6.07, 6.45) is 0. The largest absolute Gasteiger partial charge is 0.497 e. The molecule has 28 heavy (non-hydrogen) atoms. The maximum Gasteiger partial charge on any atom is 0.145 e. The number of ether oxygens (including phenoxy) is 1. The normalized spacial score (nSPS) is 15.3. The van der Waals surface area contributed by atoms with Crippen LogP contribution in [0.2, 0.25) is 0 Å². The van der Waals surface area contributed by atoms with Crippen LogP contribution in [0.1, 0.15) is 24.1 Å². The Morgan fingerprint density at radius 1 is 0.964 bits per heavy atom. The Labute approximate surface area is 174 Å². The summed E-state index contributed by atoms with van der Waals surface area (Å²) in [4.78, 5) is 0.709. The molecule has 0 aliphatic carbocycles. The third kappa shape index (κ3) is 4.57. The Hall–Kier alpha value is -2.30. The van der Waals surface area contributed by atoms with Crippen molar-refractivity contribution in [2.75, 3.05) is 12.4 Å². The number of benzene rings is 3. The van der Waals surface area contributed by atoms with Crippen LogP contribution >= 0.6 is 11.6 Å². The molecule has 1 N–H and O–H groups in total. The average molecular weight is 414 g/mol. The van der Waals surface area contributed by atoms with Crippen LogP contribution < -0.4 is 10.1 Å². The molecule has 5 heteroatoms. The van der Waals surface area contributed by atoms with Gasteiger partial charge in [-0.15, -0.1) is 11.6 Å². The number of hydrogen-bond acceptors (Lipinski definition) is 3. The van der Waals surface area contributed by atoms with Gasteiger partial charge >= 0.3 is 0 Å². The lowest BCUT2D eigenvalue weighted by Gasteiger charge is -2.33. The first-order chi connectivity index (χ1) is 13.4. The number of alkyl halides is 1. The highest BCUT2D eigenvalue weighted by molar-refractivity contribution is 7.88. The molecule has 3 nitrogen and oxygen atoms in total. The van der Waals surface area contributed by atoms with E-state index in [1.54, 1.807) is 7.11 Å². The summed E-state index contributed by atoms with van der Waals surface area (Å²) in [5.74, 6) is 0.777. The van der Waals surface area contributed by atoms with Gasteiger partial charge in [0.15, 0.2) is 0 Å². The summed E-state index contributed by atoms with van der Waals surface area (Å²) in [6, 6.07) is 24.8. The molecular weight excluding hydrogens is 390 g/mol. The van der Waals surface area contributed by atoms with Crippen molar-refractivity contribution in [3.8, 4) is 5.75 Å². The van der Waals surface area contributed by atoms with Crippen LogP contribution in [0.4, 0.5) is 5.69 Å². The van der Waals surface area contributed by atoms with Crippen molar-refractivity contribution < 1.29 is 8.95 Å². The fourth-order valence-electron chi connectivity index (χ4n) is 3.01. The monoisotopic (exact) mass is 413 g/mol. The lowest BCUT2D eigenvalue weighted by atomic mass is 10.0. The second kappa shape index (κ2) is 8.80. The van der Waals surface area contributed by atoms with E-state index in [1.165, 1.54) is 0 Å². The third-order valence-corrected chi connectivity index (χ3v) is 6.95. The van der Waals surface area contributed by atoms with Crippen molar-refractivity contribution in [3.63, 3.8) is 0 Å². The number of hydrogen-bond donors (Lipinski definition) is 1. The first kappa shape index (κ1) is 20.4. The third-order valence-electron chi connectivity index (χ3n) is 4.65. The van der Waals surface area contributed by atoms with Gasteiger partial charge in [0.25, 0.3) is 0 Å². The number of anilines is 1. The van der Waals surface area contributed by atoms with Gasteiger partial charge in [0.1, 0.15) is 9.96 Å². The minimum absolute atomic E-state index is 0.370. The molecular formula is C23H24ClNO2S. The molecule has 0 bridgehead atoms. The van der Waals surface area contributed by atoms with Gasteiger partial charge in [-0.25, -0.2) is 0 Å². The molecule has 1 unspecified atom stereocenters. The molecule has 0 spiro atoms. The van der Waals surface area contributed by atoms with Crippen LogP contribution in [0.25, 0.3) is 0 Å². The average Bonchev–Trinajstić information content (AvgIpc) is 2.73. The molecule has 3 atom stereocenters. The Kier molecular flexibility index (Phi) is 6.42. The van der Waals surface area contributed by atoms with E-state index in [0.717, 1.165) is 22.6 Å². The summed E-state index contributed by atoms with van der Waals surface area (Å²) in [6.45, 7) is 3.82. The molecule has 3 rings (SSSR count). The minimum Gasteiger partial charge on any atom is -0.497 e. The second-order valence-corrected chi connectivity index (χ2v) is 9.65. The van der Waals surface area contributed by atoms with Crippen LogP contribution in [-0.4, -0.2) is 15.5 Å². The summed E-state index contributed by atoms with van der Waals surface area (Å²) >= 11 is 6.98. The van der Waals surface area contributed by atoms with Gasteiger partial charge in [-0.05, 0) is 55.8 Å². The van der Waals surface area contributed by atoms with E-state index < -0.39 is 15.0 Å². The van der Waals surface area contributed by atoms with Crippen molar-refractivity contribution >= 4 is 28.1 Å². The number of halogens is 1. The zero-order chi connectivity index (χ0) is 20.1. The maximum absolute atomic E-state index is 13.4. The zero-order valence-electron chi connectivity index (χ0n) is 16.2. The molecule has 0 aliphatic heterocycles. The van der Waals surface area contributed by atoms with E-state index in [9.17, 15) is 4.21 Å². The van der Waals surface area contributed by atoms with Gasteiger partial charge in [-0.1, -0.05) is 48.0 Å². The van der Waals surface area contributed by atoms with Gasteiger partial charge in [-0.2, -0.15) is 0 Å². The summed E-state index contributed by atoms with van der Waals surface area (Å²) in [5.41, 5.74) is 2.96. The first-order valence-corrected chi connectivity index (χ1v) is 10.6. The van der Waals surface area contributed by atoms with Gasteiger partial charge in [0, 0.05) is 10.6 Å². The highest BCUT2D eigenvalue weighted by Gasteiger charge is 2.40.